The van der Waals surface area contributed by atoms with Gasteiger partial charge in [-0.25, -0.2) is 0 Å². The summed E-state index contributed by atoms with van der Waals surface area (Å²) < 4.78 is 1.69. The first kappa shape index (κ1) is 63.1. The summed E-state index contributed by atoms with van der Waals surface area (Å²) >= 11 is 0. The maximum absolute atomic E-state index is 9.28. The fraction of sp³-hybridized carbons (Fsp3) is 0.684. The van der Waals surface area contributed by atoms with Crippen molar-refractivity contribution in [1.82, 2.24) is 0 Å². The molecule has 0 unspecified atom stereocenters. The van der Waals surface area contributed by atoms with Crippen LogP contribution in [0, 0.1) is 0 Å². The summed E-state index contributed by atoms with van der Waals surface area (Å²) in [5, 5.41) is 72.4. The molecule has 0 heterocycles. The van der Waals surface area contributed by atoms with Crippen molar-refractivity contribution in [1.29, 1.82) is 0 Å². The summed E-state index contributed by atoms with van der Waals surface area (Å²) in [4.78, 5) is 55.7. The van der Waals surface area contributed by atoms with E-state index in [1.54, 1.807) is 0 Å². The zero-order valence-corrected chi connectivity index (χ0v) is 32.6. The van der Waals surface area contributed by atoms with E-state index in [4.69, 9.17) is 10.2 Å². The number of carbonyl (C=O) groups is 6. The van der Waals surface area contributed by atoms with E-state index in [-0.39, 0.29) is 131 Å². The molecule has 0 aliphatic heterocycles. The van der Waals surface area contributed by atoms with Crippen molar-refractivity contribution in [2.45, 2.75) is 19.3 Å². The van der Waals surface area contributed by atoms with Crippen molar-refractivity contribution in [3.8, 4) is 0 Å². The molecule has 20 heteroatoms. The number of quaternary nitrogens is 2. The van der Waals surface area contributed by atoms with Gasteiger partial charge in [0.25, 0.3) is 0 Å². The quantitative estimate of drug-likeness (QED) is 0.133. The summed E-state index contributed by atoms with van der Waals surface area (Å²) in [5.74, 6) is -9.75. The van der Waals surface area contributed by atoms with Gasteiger partial charge in [-0.3, -0.25) is 0 Å². The Morgan fingerprint density at radius 1 is 0.436 bits per heavy atom. The van der Waals surface area contributed by atoms with Crippen LogP contribution < -0.4 is 149 Å². The summed E-state index contributed by atoms with van der Waals surface area (Å²) in [6, 6.07) is 0. The van der Waals surface area contributed by atoms with Gasteiger partial charge in [-0.05, 0) is 0 Å². The van der Waals surface area contributed by atoms with Gasteiger partial charge in [0.1, 0.15) is 13.1 Å². The van der Waals surface area contributed by atoms with Gasteiger partial charge in [-0.1, -0.05) is 0 Å². The molecule has 0 aromatic heterocycles. The van der Waals surface area contributed by atoms with Gasteiger partial charge in [0.2, 0.25) is 0 Å². The minimum atomic E-state index is -1.63. The van der Waals surface area contributed by atoms with Crippen LogP contribution in [-0.4, -0.2) is 124 Å². The number of rotatable bonds is 10. The second-order valence-electron chi connectivity index (χ2n) is 8.24. The molecule has 39 heavy (non-hydrogen) atoms. The first-order valence-electron chi connectivity index (χ1n) is 9.52. The van der Waals surface area contributed by atoms with Gasteiger partial charge >= 0.3 is 118 Å². The van der Waals surface area contributed by atoms with E-state index in [0.717, 1.165) is 22.1 Å². The predicted molar refractivity (Wildman–Crippen MR) is 104 cm³/mol. The van der Waals surface area contributed by atoms with Crippen LogP contribution in [0.25, 0.3) is 0 Å². The van der Waals surface area contributed by atoms with Crippen LogP contribution >= 0.6 is 0 Å². The topological polar surface area (TPSA) is 281 Å². The molecule has 0 aromatic carbocycles. The molecular weight excluding hydrogens is 572 g/mol. The number of likely N-dealkylation sites (N-methyl/N-ethyl adjacent to an activating group) is 2. The smallest absolute Gasteiger partial charge is 0.550 e. The van der Waals surface area contributed by atoms with Gasteiger partial charge in [-0.2, -0.15) is 0 Å². The zero-order chi connectivity index (χ0) is 29.4. The fourth-order valence-electron chi connectivity index (χ4n) is 0.954. The van der Waals surface area contributed by atoms with Crippen molar-refractivity contribution < 1.29 is 197 Å². The van der Waals surface area contributed by atoms with Gasteiger partial charge in [-0.15, -0.1) is 0 Å². The van der Waals surface area contributed by atoms with Crippen molar-refractivity contribution in [2.24, 2.45) is 0 Å². The van der Waals surface area contributed by atoms with Gasteiger partial charge < -0.3 is 78.6 Å². The van der Waals surface area contributed by atoms with E-state index in [1.807, 2.05) is 0 Å². The number of hydrogen-bond acceptors (Lipinski definition) is 14. The molecule has 0 atom stereocenters. The molecular formula is C19H34N2Na4O14. The average molecular weight is 606 g/mol. The second kappa shape index (κ2) is 38.7. The molecule has 0 amide bonds. The van der Waals surface area contributed by atoms with E-state index in [1.165, 1.54) is 0 Å². The number of carboxylic acids is 6. The summed E-state index contributed by atoms with van der Waals surface area (Å²) in [6.07, 6.45) is -3.08. The minimum Gasteiger partial charge on any atom is -0.550 e. The van der Waals surface area contributed by atoms with Crippen LogP contribution in [0.5, 0.6) is 0 Å². The molecule has 0 spiro atoms. The van der Waals surface area contributed by atoms with Gasteiger partial charge in [0.15, 0.2) is 0 Å². The molecule has 0 rings (SSSR count). The first-order chi connectivity index (χ1) is 15.5. The molecule has 0 aromatic rings. The largest absolute Gasteiger partial charge is 1.00 e. The Balaban J connectivity index is -0.0000000402. The molecule has 208 valence electrons. The van der Waals surface area contributed by atoms with Crippen LogP contribution in [0.4, 0.5) is 0 Å². The Morgan fingerprint density at radius 2 is 0.564 bits per heavy atom. The number of carboxylic acid groups (broad SMARTS) is 6. The molecule has 0 fully saturated rings. The number of aliphatic carboxylic acids is 6. The normalized spacial score (nSPS) is 8.62. The van der Waals surface area contributed by atoms with Crippen LogP contribution in [0.15, 0.2) is 0 Å². The van der Waals surface area contributed by atoms with E-state index >= 15 is 0 Å². The van der Waals surface area contributed by atoms with E-state index in [2.05, 4.69) is 42.3 Å². The summed E-state index contributed by atoms with van der Waals surface area (Å²) in [5.41, 5.74) is 0. The maximum Gasteiger partial charge on any atom is 1.00 e. The Kier molecular flexibility index (Phi) is 62.5. The van der Waals surface area contributed by atoms with Crippen LogP contribution in [0.2, 0.25) is 0 Å². The van der Waals surface area contributed by atoms with Crippen molar-refractivity contribution >= 4 is 35.8 Å². The Labute approximate surface area is 316 Å². The third-order valence-electron chi connectivity index (χ3n) is 2.41. The molecule has 0 saturated carbocycles. The van der Waals surface area contributed by atoms with E-state index < -0.39 is 55.1 Å². The molecule has 0 aliphatic rings. The number of aliphatic hydroxyl groups is 2. The second-order valence-corrected chi connectivity index (χ2v) is 8.24. The molecule has 0 bridgehead atoms. The molecule has 0 saturated heterocycles. The van der Waals surface area contributed by atoms with E-state index in [0.29, 0.717) is 0 Å². The van der Waals surface area contributed by atoms with Gasteiger partial charge in [0.05, 0.1) is 55.5 Å². The SMILES string of the molecule is C[N+](C)(C)CCO.C[N+](C)(C)CCO.O=C([O-])CC(=O)[O-].O=C([O-])CC(=O)[O-].O=C([O-])CC(=O)[O-].[Na+].[Na+].[Na+].[Na+]. The average Bonchev–Trinajstić information content (AvgIpc) is 2.50. The summed E-state index contributed by atoms with van der Waals surface area (Å²) in [7, 11) is 12.3. The number of nitrogens with zero attached hydrogens (tertiary/aromatic N) is 2. The van der Waals surface area contributed by atoms with E-state index in [9.17, 15) is 59.4 Å². The first-order valence-corrected chi connectivity index (χ1v) is 9.52. The monoisotopic (exact) mass is 606 g/mol. The Bertz CT molecular complexity index is 541. The number of hydrogen-bond donors (Lipinski definition) is 2. The predicted octanol–water partition coefficient (Wildman–Crippen LogP) is -22.0. The van der Waals surface area contributed by atoms with Crippen LogP contribution in [0.1, 0.15) is 19.3 Å². The third kappa shape index (κ3) is 122. The molecule has 2 N–H and O–H groups in total. The zero-order valence-electron chi connectivity index (χ0n) is 24.6. The molecule has 16 nitrogen and oxygen atoms in total. The maximum atomic E-state index is 9.28. The Hall–Kier alpha value is 0.660. The fourth-order valence-corrected chi connectivity index (χ4v) is 0.954. The Morgan fingerprint density at radius 3 is 0.564 bits per heavy atom. The molecule has 0 aliphatic carbocycles. The van der Waals surface area contributed by atoms with Crippen molar-refractivity contribution in [3.05, 3.63) is 0 Å². The summed E-state index contributed by atoms with van der Waals surface area (Å²) in [6.45, 7) is 2.23. The van der Waals surface area contributed by atoms with Gasteiger partial charge in [0, 0.05) is 55.1 Å². The minimum absolute atomic E-state index is 0. The van der Waals surface area contributed by atoms with Crippen molar-refractivity contribution in [2.75, 3.05) is 68.6 Å². The van der Waals surface area contributed by atoms with Crippen LogP contribution in [0.3, 0.4) is 0 Å². The molecule has 0 radical (unpaired) electrons. The van der Waals surface area contributed by atoms with Crippen LogP contribution in [-0.2, 0) is 28.8 Å². The number of aliphatic hydroxyl groups excluding tert-OH is 2. The van der Waals surface area contributed by atoms with Crippen molar-refractivity contribution in [3.63, 3.8) is 0 Å². The standard InChI is InChI=1S/2C5H14NO.3C3H4O4.4Na/c2*1-6(2,3)4-5-7;3*4-2(5)1-3(6)7;;;;/h2*7H,4-5H2,1-3H3;3*1H2,(H,4,5)(H,6,7);;;;/q2*+1;;;;4*+1/p-6. The number of carbonyl (C=O) groups excluding carboxylic acids is 6. The third-order valence-corrected chi connectivity index (χ3v) is 2.41.